The van der Waals surface area contributed by atoms with Gasteiger partial charge in [0.15, 0.2) is 0 Å². The van der Waals surface area contributed by atoms with Crippen LogP contribution >= 0.6 is 0 Å². The van der Waals surface area contributed by atoms with E-state index in [0.717, 1.165) is 0 Å². The summed E-state index contributed by atoms with van der Waals surface area (Å²) in [6, 6.07) is 14.9. The first kappa shape index (κ1) is 19.4. The third kappa shape index (κ3) is 4.66. The lowest BCUT2D eigenvalue weighted by atomic mass is 10.2. The summed E-state index contributed by atoms with van der Waals surface area (Å²) in [5.74, 6) is -1.50. The maximum atomic E-state index is 11.3. The zero-order chi connectivity index (χ0) is 21.0. The number of ether oxygens (including phenoxy) is 2. The van der Waals surface area contributed by atoms with Crippen molar-refractivity contribution in [3.05, 3.63) is 88.0 Å². The molecule has 0 aliphatic carbocycles. The van der Waals surface area contributed by atoms with Crippen molar-refractivity contribution in [3.8, 4) is 23.0 Å². The smallest absolute Gasteiger partial charge is 0.335 e. The molecule has 0 radical (unpaired) electrons. The number of rotatable bonds is 7. The van der Waals surface area contributed by atoms with E-state index >= 15 is 0 Å². The maximum absolute atomic E-state index is 11.3. The lowest BCUT2D eigenvalue weighted by Gasteiger charge is -2.10. The van der Waals surface area contributed by atoms with Gasteiger partial charge in [0, 0.05) is 12.1 Å². The zero-order valence-corrected chi connectivity index (χ0v) is 14.6. The van der Waals surface area contributed by atoms with Gasteiger partial charge in [-0.3, -0.25) is 10.1 Å². The number of nitro groups is 1. The van der Waals surface area contributed by atoms with Gasteiger partial charge in [0.05, 0.1) is 16.1 Å². The minimum atomic E-state index is -1.10. The molecule has 0 bridgehead atoms. The van der Waals surface area contributed by atoms with Gasteiger partial charge in [0.25, 0.3) is 0 Å². The van der Waals surface area contributed by atoms with E-state index in [1.165, 1.54) is 66.7 Å². The molecule has 3 rings (SSSR count). The number of carbonyl (C=O) groups is 2. The molecule has 0 heterocycles. The Hall–Kier alpha value is -4.40. The highest BCUT2D eigenvalue weighted by Crippen LogP contribution is 2.36. The van der Waals surface area contributed by atoms with Crippen LogP contribution < -0.4 is 9.47 Å². The normalized spacial score (nSPS) is 10.2. The van der Waals surface area contributed by atoms with Gasteiger partial charge in [0.2, 0.25) is 5.75 Å². The van der Waals surface area contributed by atoms with Gasteiger partial charge in [-0.2, -0.15) is 0 Å². The zero-order valence-electron chi connectivity index (χ0n) is 14.6. The van der Waals surface area contributed by atoms with Crippen LogP contribution in [0, 0.1) is 10.1 Å². The molecular formula is C20H13NO8. The van der Waals surface area contributed by atoms with E-state index in [9.17, 15) is 19.7 Å². The lowest BCUT2D eigenvalue weighted by Crippen LogP contribution is -1.97. The number of carboxylic acid groups (broad SMARTS) is 2. The monoisotopic (exact) mass is 395 g/mol. The molecule has 3 aromatic rings. The number of hydrogen-bond acceptors (Lipinski definition) is 6. The first-order valence-corrected chi connectivity index (χ1v) is 8.14. The summed E-state index contributed by atoms with van der Waals surface area (Å²) in [5.41, 5.74) is -0.162. The van der Waals surface area contributed by atoms with Crippen LogP contribution in [0.25, 0.3) is 0 Å². The van der Waals surface area contributed by atoms with Gasteiger partial charge in [-0.15, -0.1) is 0 Å². The van der Waals surface area contributed by atoms with Crippen molar-refractivity contribution in [1.82, 2.24) is 0 Å². The molecule has 146 valence electrons. The minimum absolute atomic E-state index is 0.0498. The van der Waals surface area contributed by atoms with E-state index in [4.69, 9.17) is 19.7 Å². The van der Waals surface area contributed by atoms with E-state index in [0.29, 0.717) is 5.75 Å². The number of hydrogen-bond donors (Lipinski definition) is 2. The molecule has 9 nitrogen and oxygen atoms in total. The van der Waals surface area contributed by atoms with Crippen LogP contribution in [0.5, 0.6) is 23.0 Å². The Labute approximate surface area is 163 Å². The van der Waals surface area contributed by atoms with Crippen LogP contribution in [0.15, 0.2) is 66.7 Å². The third-order valence-electron chi connectivity index (χ3n) is 3.79. The van der Waals surface area contributed by atoms with E-state index in [2.05, 4.69) is 0 Å². The second-order valence-electron chi connectivity index (χ2n) is 5.75. The van der Waals surface area contributed by atoms with Crippen molar-refractivity contribution in [2.24, 2.45) is 0 Å². The molecule has 0 amide bonds. The number of carboxylic acids is 2. The van der Waals surface area contributed by atoms with Crippen LogP contribution in [0.3, 0.4) is 0 Å². The molecule has 0 aromatic heterocycles. The first-order valence-electron chi connectivity index (χ1n) is 8.14. The van der Waals surface area contributed by atoms with Gasteiger partial charge in [-0.05, 0) is 54.6 Å². The molecular weight excluding hydrogens is 382 g/mol. The summed E-state index contributed by atoms with van der Waals surface area (Å²) in [4.78, 5) is 32.5. The predicted octanol–water partition coefficient (Wildman–Crippen LogP) is 4.58. The maximum Gasteiger partial charge on any atom is 0.335 e. The molecule has 0 atom stereocenters. The van der Waals surface area contributed by atoms with Crippen LogP contribution in [0.1, 0.15) is 20.7 Å². The Morgan fingerprint density at radius 2 is 1.17 bits per heavy atom. The number of aromatic carboxylic acids is 2. The molecule has 2 N–H and O–H groups in total. The predicted molar refractivity (Wildman–Crippen MR) is 100 cm³/mol. The van der Waals surface area contributed by atoms with Crippen LogP contribution in [0.4, 0.5) is 5.69 Å². The average Bonchev–Trinajstić information content (AvgIpc) is 2.69. The van der Waals surface area contributed by atoms with Crippen LogP contribution in [-0.2, 0) is 0 Å². The summed E-state index contributed by atoms with van der Waals surface area (Å²) < 4.78 is 11.1. The van der Waals surface area contributed by atoms with E-state index < -0.39 is 16.9 Å². The highest BCUT2D eigenvalue weighted by Gasteiger charge is 2.18. The van der Waals surface area contributed by atoms with Gasteiger partial charge >= 0.3 is 17.6 Å². The average molecular weight is 395 g/mol. The fraction of sp³-hybridized carbons (Fsp3) is 0. The molecule has 0 saturated heterocycles. The largest absolute Gasteiger partial charge is 0.478 e. The Kier molecular flexibility index (Phi) is 5.40. The summed E-state index contributed by atoms with van der Waals surface area (Å²) in [6.07, 6.45) is 0. The second kappa shape index (κ2) is 8.09. The van der Waals surface area contributed by atoms with Gasteiger partial charge in [-0.1, -0.05) is 0 Å². The first-order chi connectivity index (χ1) is 13.8. The minimum Gasteiger partial charge on any atom is -0.478 e. The van der Waals surface area contributed by atoms with Gasteiger partial charge in [-0.25, -0.2) is 9.59 Å². The topological polar surface area (TPSA) is 136 Å². The quantitative estimate of drug-likeness (QED) is 0.438. The summed E-state index contributed by atoms with van der Waals surface area (Å²) in [6.45, 7) is 0. The molecule has 0 aliphatic heterocycles. The number of benzene rings is 3. The number of nitro benzene ring substituents is 1. The molecule has 0 saturated carbocycles. The third-order valence-corrected chi connectivity index (χ3v) is 3.79. The Morgan fingerprint density at radius 3 is 1.62 bits per heavy atom. The molecule has 0 aliphatic rings. The highest BCUT2D eigenvalue weighted by molar-refractivity contribution is 5.88. The standard InChI is InChI=1S/C20H13NO8/c22-19(23)12-1-5-14(6-2-12)28-16-9-10-17(21(26)27)18(11-16)29-15-7-3-13(4-8-15)20(24)25/h1-11H,(H,22,23)(H,24,25). The summed E-state index contributed by atoms with van der Waals surface area (Å²) >= 11 is 0. The Morgan fingerprint density at radius 1 is 0.724 bits per heavy atom. The number of nitrogens with zero attached hydrogens (tertiary/aromatic N) is 1. The van der Waals surface area contributed by atoms with Gasteiger partial charge < -0.3 is 19.7 Å². The second-order valence-corrected chi connectivity index (χ2v) is 5.75. The summed E-state index contributed by atoms with van der Waals surface area (Å²) in [7, 11) is 0. The van der Waals surface area contributed by atoms with Crippen molar-refractivity contribution >= 4 is 17.6 Å². The highest BCUT2D eigenvalue weighted by atomic mass is 16.6. The van der Waals surface area contributed by atoms with Crippen LogP contribution in [0.2, 0.25) is 0 Å². The van der Waals surface area contributed by atoms with Gasteiger partial charge in [0.1, 0.15) is 17.2 Å². The lowest BCUT2D eigenvalue weighted by molar-refractivity contribution is -0.385. The van der Waals surface area contributed by atoms with E-state index in [-0.39, 0.29) is 34.1 Å². The molecule has 29 heavy (non-hydrogen) atoms. The van der Waals surface area contributed by atoms with Crippen molar-refractivity contribution in [3.63, 3.8) is 0 Å². The van der Waals surface area contributed by atoms with E-state index in [1.807, 2.05) is 0 Å². The molecule has 9 heteroatoms. The fourth-order valence-corrected chi connectivity index (χ4v) is 2.38. The van der Waals surface area contributed by atoms with Crippen molar-refractivity contribution in [2.45, 2.75) is 0 Å². The Bertz CT molecular complexity index is 1070. The Balaban J connectivity index is 1.86. The van der Waals surface area contributed by atoms with Crippen molar-refractivity contribution in [2.75, 3.05) is 0 Å². The molecule has 0 unspecified atom stereocenters. The molecule has 0 fully saturated rings. The molecule has 3 aromatic carbocycles. The SMILES string of the molecule is O=C(O)c1ccc(Oc2ccc([N+](=O)[O-])c(Oc3ccc(C(=O)O)cc3)c2)cc1. The fourth-order valence-electron chi connectivity index (χ4n) is 2.38. The van der Waals surface area contributed by atoms with E-state index in [1.54, 1.807) is 0 Å². The van der Waals surface area contributed by atoms with Crippen molar-refractivity contribution < 1.29 is 34.2 Å². The van der Waals surface area contributed by atoms with Crippen LogP contribution in [-0.4, -0.2) is 27.1 Å². The van der Waals surface area contributed by atoms with Crippen molar-refractivity contribution in [1.29, 1.82) is 0 Å². The molecule has 0 spiro atoms. The summed E-state index contributed by atoms with van der Waals surface area (Å²) in [5, 5.41) is 29.1.